The number of fused-ring (bicyclic) bond motifs is 1. The van der Waals surface area contributed by atoms with E-state index in [0.29, 0.717) is 31.1 Å². The molecule has 26 heavy (non-hydrogen) atoms. The first-order valence-electron chi connectivity index (χ1n) is 9.29. The molecule has 1 aliphatic carbocycles. The number of nitrogens with zero attached hydrogens (tertiary/aromatic N) is 3. The predicted octanol–water partition coefficient (Wildman–Crippen LogP) is 2.37. The van der Waals surface area contributed by atoms with Crippen LogP contribution in [0.4, 0.5) is 0 Å². The molecule has 1 saturated heterocycles. The predicted molar refractivity (Wildman–Crippen MR) is 98.4 cm³/mol. The van der Waals surface area contributed by atoms with Gasteiger partial charge in [0, 0.05) is 32.2 Å². The number of hydrogen-bond donors (Lipinski definition) is 0. The van der Waals surface area contributed by atoms with E-state index in [1.807, 2.05) is 25.1 Å². The van der Waals surface area contributed by atoms with Crippen LogP contribution in [0.1, 0.15) is 35.4 Å². The van der Waals surface area contributed by atoms with Gasteiger partial charge < -0.3 is 4.52 Å². The van der Waals surface area contributed by atoms with E-state index < -0.39 is 10.0 Å². The highest BCUT2D eigenvalue weighted by atomic mass is 32.2. The van der Waals surface area contributed by atoms with Crippen molar-refractivity contribution in [3.8, 4) is 0 Å². The molecule has 1 aromatic carbocycles. The summed E-state index contributed by atoms with van der Waals surface area (Å²) in [5, 5.41) is 4.04. The Morgan fingerprint density at radius 2 is 1.88 bits per heavy atom. The second-order valence-corrected chi connectivity index (χ2v) is 9.18. The maximum Gasteiger partial charge on any atom is 0.243 e. The number of benzene rings is 1. The van der Waals surface area contributed by atoms with Crippen LogP contribution in [0.5, 0.6) is 0 Å². The fourth-order valence-electron chi connectivity index (χ4n) is 3.92. The Hall–Kier alpha value is -1.70. The molecule has 0 unspecified atom stereocenters. The van der Waals surface area contributed by atoms with E-state index in [1.54, 1.807) is 10.4 Å². The van der Waals surface area contributed by atoms with Crippen LogP contribution >= 0.6 is 0 Å². The third-order valence-electron chi connectivity index (χ3n) is 5.32. The minimum atomic E-state index is -3.43. The van der Waals surface area contributed by atoms with Crippen molar-refractivity contribution in [1.29, 1.82) is 0 Å². The zero-order valence-corrected chi connectivity index (χ0v) is 16.0. The Morgan fingerprint density at radius 1 is 1.04 bits per heavy atom. The van der Waals surface area contributed by atoms with Crippen molar-refractivity contribution in [3.63, 3.8) is 0 Å². The minimum Gasteiger partial charge on any atom is -0.361 e. The molecule has 0 radical (unpaired) electrons. The first-order valence-corrected chi connectivity index (χ1v) is 10.7. The van der Waals surface area contributed by atoms with E-state index >= 15 is 0 Å². The summed E-state index contributed by atoms with van der Waals surface area (Å²) in [7, 11) is -3.43. The molecular weight excluding hydrogens is 350 g/mol. The Morgan fingerprint density at radius 3 is 2.69 bits per heavy atom. The second kappa shape index (κ2) is 7.13. The average molecular weight is 375 g/mol. The molecule has 7 heteroatoms. The van der Waals surface area contributed by atoms with Gasteiger partial charge in [-0.1, -0.05) is 11.2 Å². The molecule has 1 aliphatic heterocycles. The van der Waals surface area contributed by atoms with Gasteiger partial charge in [0.2, 0.25) is 10.0 Å². The van der Waals surface area contributed by atoms with Crippen molar-refractivity contribution in [2.24, 2.45) is 0 Å². The monoisotopic (exact) mass is 375 g/mol. The van der Waals surface area contributed by atoms with Gasteiger partial charge in [-0.25, -0.2) is 8.42 Å². The molecular formula is C19H25N3O3S. The zero-order chi connectivity index (χ0) is 18.1. The second-order valence-electron chi connectivity index (χ2n) is 7.25. The quantitative estimate of drug-likeness (QED) is 0.821. The van der Waals surface area contributed by atoms with Crippen molar-refractivity contribution in [1.82, 2.24) is 14.4 Å². The molecule has 1 fully saturated rings. The van der Waals surface area contributed by atoms with Crippen molar-refractivity contribution >= 4 is 10.0 Å². The first kappa shape index (κ1) is 17.7. The summed E-state index contributed by atoms with van der Waals surface area (Å²) in [4.78, 5) is 2.69. The molecule has 0 N–H and O–H groups in total. The maximum atomic E-state index is 13.1. The van der Waals surface area contributed by atoms with E-state index in [0.717, 1.165) is 43.7 Å². The highest BCUT2D eigenvalue weighted by Gasteiger charge is 2.28. The van der Waals surface area contributed by atoms with E-state index in [2.05, 4.69) is 10.1 Å². The Labute approximate surface area is 154 Å². The molecule has 0 bridgehead atoms. The van der Waals surface area contributed by atoms with Gasteiger partial charge in [-0.15, -0.1) is 0 Å². The third kappa shape index (κ3) is 3.56. The Balaban J connectivity index is 1.46. The molecule has 4 rings (SSSR count). The van der Waals surface area contributed by atoms with E-state index in [1.165, 1.54) is 11.1 Å². The molecule has 1 aromatic heterocycles. The molecule has 2 aromatic rings. The molecule has 140 valence electrons. The van der Waals surface area contributed by atoms with Gasteiger partial charge in [0.1, 0.15) is 5.76 Å². The highest BCUT2D eigenvalue weighted by molar-refractivity contribution is 7.89. The lowest BCUT2D eigenvalue weighted by molar-refractivity contribution is 0.268. The van der Waals surface area contributed by atoms with Gasteiger partial charge in [-0.2, -0.15) is 4.31 Å². The standard InChI is InChI=1S/C19H25N3O3S/c1-15-12-18(20-25-15)14-21-8-3-9-22(11-10-21)26(23,24)19-7-6-16-4-2-5-17(16)13-19/h6-7,12-13H,2-5,8-11,14H2,1H3. The van der Waals surface area contributed by atoms with Gasteiger partial charge in [-0.05, 0) is 62.4 Å². The fraction of sp³-hybridized carbons (Fsp3) is 0.526. The summed E-state index contributed by atoms with van der Waals surface area (Å²) in [6.07, 6.45) is 4.00. The van der Waals surface area contributed by atoms with Gasteiger partial charge in [0.25, 0.3) is 0 Å². The van der Waals surface area contributed by atoms with E-state index in [9.17, 15) is 8.42 Å². The van der Waals surface area contributed by atoms with Crippen LogP contribution in [0.15, 0.2) is 33.7 Å². The normalized spacial score (nSPS) is 19.4. The summed E-state index contributed by atoms with van der Waals surface area (Å²) in [5.41, 5.74) is 3.40. The van der Waals surface area contributed by atoms with E-state index in [-0.39, 0.29) is 0 Å². The van der Waals surface area contributed by atoms with Crippen molar-refractivity contribution in [3.05, 3.63) is 46.8 Å². The molecule has 6 nitrogen and oxygen atoms in total. The zero-order valence-electron chi connectivity index (χ0n) is 15.1. The minimum absolute atomic E-state index is 0.443. The largest absolute Gasteiger partial charge is 0.361 e. The van der Waals surface area contributed by atoms with Gasteiger partial charge in [0.15, 0.2) is 0 Å². The van der Waals surface area contributed by atoms with Crippen molar-refractivity contribution < 1.29 is 12.9 Å². The molecule has 0 atom stereocenters. The van der Waals surface area contributed by atoms with Crippen LogP contribution in [-0.4, -0.2) is 49.0 Å². The smallest absolute Gasteiger partial charge is 0.243 e. The molecule has 2 heterocycles. The lowest BCUT2D eigenvalue weighted by Crippen LogP contribution is -2.35. The van der Waals surface area contributed by atoms with Gasteiger partial charge >= 0.3 is 0 Å². The summed E-state index contributed by atoms with van der Waals surface area (Å²) in [6.45, 7) is 5.22. The Bertz CT molecular complexity index is 891. The van der Waals surface area contributed by atoms with Crippen LogP contribution in [0, 0.1) is 6.92 Å². The number of aromatic nitrogens is 1. The summed E-state index contributed by atoms with van der Waals surface area (Å²) >= 11 is 0. The van der Waals surface area contributed by atoms with Crippen molar-refractivity contribution in [2.75, 3.05) is 26.2 Å². The Kier molecular flexibility index (Phi) is 4.86. The van der Waals surface area contributed by atoms with Crippen LogP contribution in [-0.2, 0) is 29.4 Å². The number of sulfonamides is 1. The van der Waals surface area contributed by atoms with Crippen LogP contribution in [0.25, 0.3) is 0 Å². The molecule has 0 spiro atoms. The molecule has 2 aliphatic rings. The topological polar surface area (TPSA) is 66.7 Å². The summed E-state index contributed by atoms with van der Waals surface area (Å²) in [6, 6.07) is 7.59. The maximum absolute atomic E-state index is 13.1. The van der Waals surface area contributed by atoms with Crippen LogP contribution in [0.2, 0.25) is 0 Å². The van der Waals surface area contributed by atoms with Crippen LogP contribution in [0.3, 0.4) is 0 Å². The van der Waals surface area contributed by atoms with E-state index in [4.69, 9.17) is 4.52 Å². The number of rotatable bonds is 4. The van der Waals surface area contributed by atoms with Gasteiger partial charge in [0.05, 0.1) is 10.6 Å². The SMILES string of the molecule is Cc1cc(CN2CCCN(S(=O)(=O)c3ccc4c(c3)CCC4)CC2)no1. The fourth-order valence-corrected chi connectivity index (χ4v) is 5.45. The van der Waals surface area contributed by atoms with Crippen LogP contribution < -0.4 is 0 Å². The first-order chi connectivity index (χ1) is 12.5. The lowest BCUT2D eigenvalue weighted by Gasteiger charge is -2.21. The lowest BCUT2D eigenvalue weighted by atomic mass is 10.1. The molecule has 0 saturated carbocycles. The number of hydrogen-bond acceptors (Lipinski definition) is 5. The highest BCUT2D eigenvalue weighted by Crippen LogP contribution is 2.26. The molecule has 0 amide bonds. The van der Waals surface area contributed by atoms with Crippen molar-refractivity contribution in [2.45, 2.75) is 44.0 Å². The third-order valence-corrected chi connectivity index (χ3v) is 7.21. The average Bonchev–Trinajstić information content (AvgIpc) is 3.18. The van der Waals surface area contributed by atoms with Gasteiger partial charge in [-0.3, -0.25) is 4.90 Å². The number of aryl methyl sites for hydroxylation is 3. The summed E-state index contributed by atoms with van der Waals surface area (Å²) in [5.74, 6) is 0.802. The summed E-state index contributed by atoms with van der Waals surface area (Å²) < 4.78 is 32.9.